The van der Waals surface area contributed by atoms with Crippen LogP contribution in [0.2, 0.25) is 0 Å². The number of ether oxygens (including phenoxy) is 1. The molecule has 0 saturated heterocycles. The molecule has 5 nitrogen and oxygen atoms in total. The highest BCUT2D eigenvalue weighted by molar-refractivity contribution is 6.01. The van der Waals surface area contributed by atoms with E-state index in [-0.39, 0.29) is 23.3 Å². The molecule has 0 atom stereocenters. The number of hydrogen-bond acceptors (Lipinski definition) is 4. The van der Waals surface area contributed by atoms with Crippen LogP contribution < -0.4 is 10.1 Å². The number of carbonyl (C=O) groups excluding carboxylic acids is 1. The second kappa shape index (κ2) is 6.80. The number of phenols is 1. The van der Waals surface area contributed by atoms with Crippen LogP contribution in [0.5, 0.6) is 11.5 Å². The Morgan fingerprint density at radius 3 is 2.76 bits per heavy atom. The quantitative estimate of drug-likeness (QED) is 0.657. The zero-order chi connectivity index (χ0) is 15.2. The second-order valence-electron chi connectivity index (χ2n) is 5.06. The van der Waals surface area contributed by atoms with E-state index in [1.807, 2.05) is 6.07 Å². The number of methoxy groups -OCH3 is 1. The molecule has 1 amide bonds. The summed E-state index contributed by atoms with van der Waals surface area (Å²) in [6.07, 6.45) is 5.62. The van der Waals surface area contributed by atoms with Crippen molar-refractivity contribution in [3.63, 3.8) is 0 Å². The van der Waals surface area contributed by atoms with E-state index in [4.69, 9.17) is 10.00 Å². The molecule has 0 radical (unpaired) electrons. The minimum Gasteiger partial charge on any atom is -0.504 e. The highest BCUT2D eigenvalue weighted by atomic mass is 16.5. The van der Waals surface area contributed by atoms with Gasteiger partial charge in [-0.05, 0) is 36.6 Å². The number of carbonyl (C=O) groups is 1. The molecule has 110 valence electrons. The van der Waals surface area contributed by atoms with Gasteiger partial charge in [0.1, 0.15) is 11.6 Å². The number of benzene rings is 1. The molecule has 0 aliphatic heterocycles. The van der Waals surface area contributed by atoms with Gasteiger partial charge < -0.3 is 15.2 Å². The summed E-state index contributed by atoms with van der Waals surface area (Å²) in [5, 5.41) is 21.7. The first-order valence-electron chi connectivity index (χ1n) is 6.93. The fourth-order valence-corrected chi connectivity index (χ4v) is 2.45. The van der Waals surface area contributed by atoms with Gasteiger partial charge in [0, 0.05) is 6.04 Å². The Labute approximate surface area is 123 Å². The molecule has 2 N–H and O–H groups in total. The predicted molar refractivity (Wildman–Crippen MR) is 78.6 cm³/mol. The van der Waals surface area contributed by atoms with Crippen LogP contribution in [-0.2, 0) is 4.79 Å². The van der Waals surface area contributed by atoms with Gasteiger partial charge in [0.15, 0.2) is 11.5 Å². The summed E-state index contributed by atoms with van der Waals surface area (Å²) in [5.41, 5.74) is 0.609. The van der Waals surface area contributed by atoms with Crippen LogP contribution in [0.3, 0.4) is 0 Å². The standard InChI is InChI=1S/C16H18N2O3/c1-21-15-7-6-11(9-14(15)19)8-12(10-17)16(20)18-13-4-2-3-5-13/h6-9,13,19H,2-5H2,1H3,(H,18,20)/b12-8+. The summed E-state index contributed by atoms with van der Waals surface area (Å²) in [5.74, 6) is -0.0412. The lowest BCUT2D eigenvalue weighted by Gasteiger charge is -2.11. The Balaban J connectivity index is 2.14. The van der Waals surface area contributed by atoms with Crippen LogP contribution in [-0.4, -0.2) is 24.2 Å². The van der Waals surface area contributed by atoms with E-state index in [1.165, 1.54) is 19.3 Å². The first-order valence-corrected chi connectivity index (χ1v) is 6.93. The molecule has 21 heavy (non-hydrogen) atoms. The normalized spacial score (nSPS) is 15.5. The SMILES string of the molecule is COc1ccc(/C=C(\C#N)C(=O)NC2CCCC2)cc1O. The molecule has 1 fully saturated rings. The van der Waals surface area contributed by atoms with E-state index in [0.717, 1.165) is 25.7 Å². The van der Waals surface area contributed by atoms with Gasteiger partial charge in [-0.3, -0.25) is 4.79 Å². The fourth-order valence-electron chi connectivity index (χ4n) is 2.45. The maximum absolute atomic E-state index is 12.1. The number of rotatable bonds is 4. The first-order chi connectivity index (χ1) is 10.1. The van der Waals surface area contributed by atoms with E-state index >= 15 is 0 Å². The number of nitriles is 1. The number of phenolic OH excluding ortho intramolecular Hbond substituents is 1. The summed E-state index contributed by atoms with van der Waals surface area (Å²) in [4.78, 5) is 12.1. The lowest BCUT2D eigenvalue weighted by atomic mass is 10.1. The average Bonchev–Trinajstić information content (AvgIpc) is 2.97. The molecule has 2 rings (SSSR count). The van der Waals surface area contributed by atoms with Crippen LogP contribution in [0.15, 0.2) is 23.8 Å². The molecule has 0 aromatic heterocycles. The maximum Gasteiger partial charge on any atom is 0.262 e. The Kier molecular flexibility index (Phi) is 4.83. The largest absolute Gasteiger partial charge is 0.504 e. The van der Waals surface area contributed by atoms with Gasteiger partial charge >= 0.3 is 0 Å². The third-order valence-corrected chi connectivity index (χ3v) is 3.57. The van der Waals surface area contributed by atoms with Crippen LogP contribution in [0.25, 0.3) is 6.08 Å². The van der Waals surface area contributed by atoms with Crippen molar-refractivity contribution in [2.24, 2.45) is 0 Å². The van der Waals surface area contributed by atoms with Crippen LogP contribution in [0, 0.1) is 11.3 Å². The molecule has 5 heteroatoms. The Morgan fingerprint density at radius 2 is 2.19 bits per heavy atom. The second-order valence-corrected chi connectivity index (χ2v) is 5.06. The number of hydrogen-bond donors (Lipinski definition) is 2. The molecular formula is C16H18N2O3. The Bertz CT molecular complexity index is 596. The lowest BCUT2D eigenvalue weighted by Crippen LogP contribution is -2.33. The van der Waals surface area contributed by atoms with E-state index in [1.54, 1.807) is 12.1 Å². The molecule has 1 aromatic carbocycles. The third-order valence-electron chi connectivity index (χ3n) is 3.57. The minimum absolute atomic E-state index is 0.0280. The zero-order valence-electron chi connectivity index (χ0n) is 11.9. The molecule has 0 spiro atoms. The van der Waals surface area contributed by atoms with Crippen LogP contribution >= 0.6 is 0 Å². The van der Waals surface area contributed by atoms with Gasteiger partial charge in [-0.1, -0.05) is 18.9 Å². The number of nitrogens with zero attached hydrogens (tertiary/aromatic N) is 1. The van der Waals surface area contributed by atoms with E-state index in [0.29, 0.717) is 11.3 Å². The van der Waals surface area contributed by atoms with Crippen molar-refractivity contribution in [3.05, 3.63) is 29.3 Å². The van der Waals surface area contributed by atoms with E-state index < -0.39 is 0 Å². The van der Waals surface area contributed by atoms with Crippen molar-refractivity contribution in [2.45, 2.75) is 31.7 Å². The summed E-state index contributed by atoms with van der Waals surface area (Å²) in [7, 11) is 1.46. The molecule has 0 heterocycles. The third kappa shape index (κ3) is 3.76. The minimum atomic E-state index is -0.361. The molecule has 1 aliphatic rings. The van der Waals surface area contributed by atoms with Gasteiger partial charge in [-0.15, -0.1) is 0 Å². The van der Waals surface area contributed by atoms with E-state index in [9.17, 15) is 9.90 Å². The molecule has 1 aliphatic carbocycles. The summed E-state index contributed by atoms with van der Waals surface area (Å²) < 4.78 is 4.95. The van der Waals surface area contributed by atoms with Gasteiger partial charge in [-0.2, -0.15) is 5.26 Å². The Hall–Kier alpha value is -2.48. The summed E-state index contributed by atoms with van der Waals surface area (Å²) in [6.45, 7) is 0. The average molecular weight is 286 g/mol. The number of aromatic hydroxyl groups is 1. The van der Waals surface area contributed by atoms with Crippen molar-refractivity contribution in [1.29, 1.82) is 5.26 Å². The van der Waals surface area contributed by atoms with Gasteiger partial charge in [0.05, 0.1) is 7.11 Å². The number of nitrogens with one attached hydrogen (secondary N) is 1. The zero-order valence-corrected chi connectivity index (χ0v) is 11.9. The van der Waals surface area contributed by atoms with Crippen molar-refractivity contribution >= 4 is 12.0 Å². The van der Waals surface area contributed by atoms with Crippen LogP contribution in [0.1, 0.15) is 31.2 Å². The molecule has 0 unspecified atom stereocenters. The molecular weight excluding hydrogens is 268 g/mol. The van der Waals surface area contributed by atoms with Gasteiger partial charge in [-0.25, -0.2) is 0 Å². The molecule has 1 saturated carbocycles. The van der Waals surface area contributed by atoms with Gasteiger partial charge in [0.25, 0.3) is 5.91 Å². The number of amides is 1. The highest BCUT2D eigenvalue weighted by Gasteiger charge is 2.19. The van der Waals surface area contributed by atoms with E-state index in [2.05, 4.69) is 5.32 Å². The van der Waals surface area contributed by atoms with Gasteiger partial charge in [0.2, 0.25) is 0 Å². The van der Waals surface area contributed by atoms with Crippen LogP contribution in [0.4, 0.5) is 0 Å². The highest BCUT2D eigenvalue weighted by Crippen LogP contribution is 2.27. The van der Waals surface area contributed by atoms with Crippen molar-refractivity contribution in [1.82, 2.24) is 5.32 Å². The first kappa shape index (κ1) is 14.9. The summed E-state index contributed by atoms with van der Waals surface area (Å²) in [6, 6.07) is 6.80. The molecule has 0 bridgehead atoms. The topological polar surface area (TPSA) is 82.3 Å². The predicted octanol–water partition coefficient (Wildman–Crippen LogP) is 2.37. The van der Waals surface area contributed by atoms with Crippen molar-refractivity contribution in [2.75, 3.05) is 7.11 Å². The fraction of sp³-hybridized carbons (Fsp3) is 0.375. The smallest absolute Gasteiger partial charge is 0.262 e. The van der Waals surface area contributed by atoms with Crippen molar-refractivity contribution < 1.29 is 14.6 Å². The van der Waals surface area contributed by atoms with Crippen molar-refractivity contribution in [3.8, 4) is 17.6 Å². The molecule has 1 aromatic rings. The Morgan fingerprint density at radius 1 is 1.48 bits per heavy atom. The summed E-state index contributed by atoms with van der Waals surface area (Å²) >= 11 is 0. The lowest BCUT2D eigenvalue weighted by molar-refractivity contribution is -0.117. The maximum atomic E-state index is 12.1. The monoisotopic (exact) mass is 286 g/mol.